The highest BCUT2D eigenvalue weighted by Gasteiger charge is 2.25. The third-order valence-electron chi connectivity index (χ3n) is 6.41. The summed E-state index contributed by atoms with van der Waals surface area (Å²) in [6.07, 6.45) is 0. The van der Waals surface area contributed by atoms with Gasteiger partial charge in [-0.15, -0.1) is 0 Å². The SMILES string of the molecule is COc1cccc(C(=O)N(Cc2ccc(OC)cc2OC)c2nc3cc(-c4ccc(C#N)c(F)c4)ccc3o2)c1. The van der Waals surface area contributed by atoms with Crippen LogP contribution in [0.25, 0.3) is 22.2 Å². The van der Waals surface area contributed by atoms with E-state index in [2.05, 4.69) is 4.98 Å². The second-order valence-corrected chi connectivity index (χ2v) is 8.79. The first-order valence-electron chi connectivity index (χ1n) is 12.2. The Hall–Kier alpha value is -5.36. The molecule has 4 aromatic carbocycles. The maximum Gasteiger partial charge on any atom is 0.305 e. The average molecular weight is 538 g/mol. The summed E-state index contributed by atoms with van der Waals surface area (Å²) in [4.78, 5) is 19.9. The Kier molecular flexibility index (Phi) is 7.33. The molecule has 0 radical (unpaired) electrons. The maximum absolute atomic E-state index is 14.3. The summed E-state index contributed by atoms with van der Waals surface area (Å²) in [5, 5.41) is 9.03. The third-order valence-corrected chi connectivity index (χ3v) is 6.41. The lowest BCUT2D eigenvalue weighted by atomic mass is 10.0. The van der Waals surface area contributed by atoms with Crippen LogP contribution >= 0.6 is 0 Å². The number of hydrogen-bond donors (Lipinski definition) is 0. The number of hydrogen-bond acceptors (Lipinski definition) is 7. The minimum absolute atomic E-state index is 0.0331. The molecular weight excluding hydrogens is 513 g/mol. The lowest BCUT2D eigenvalue weighted by Crippen LogP contribution is -2.31. The molecule has 0 aliphatic heterocycles. The van der Waals surface area contributed by atoms with Gasteiger partial charge in [0.1, 0.15) is 34.7 Å². The van der Waals surface area contributed by atoms with Gasteiger partial charge in [0.2, 0.25) is 0 Å². The van der Waals surface area contributed by atoms with E-state index in [1.165, 1.54) is 24.1 Å². The van der Waals surface area contributed by atoms with Crippen molar-refractivity contribution in [3.8, 4) is 34.4 Å². The number of amides is 1. The molecule has 0 bridgehead atoms. The molecule has 0 aliphatic rings. The van der Waals surface area contributed by atoms with E-state index in [1.807, 2.05) is 12.1 Å². The predicted molar refractivity (Wildman–Crippen MR) is 147 cm³/mol. The Bertz CT molecular complexity index is 1760. The van der Waals surface area contributed by atoms with E-state index in [0.29, 0.717) is 50.6 Å². The average Bonchev–Trinajstić information content (AvgIpc) is 3.42. The predicted octanol–water partition coefficient (Wildman–Crippen LogP) is 6.38. The Morgan fingerprint density at radius 1 is 0.925 bits per heavy atom. The number of anilines is 1. The van der Waals surface area contributed by atoms with Gasteiger partial charge in [-0.1, -0.05) is 18.2 Å². The zero-order valence-electron chi connectivity index (χ0n) is 22.0. The minimum atomic E-state index is -0.607. The van der Waals surface area contributed by atoms with Crippen LogP contribution in [0.15, 0.2) is 83.3 Å². The zero-order valence-corrected chi connectivity index (χ0v) is 22.0. The molecule has 0 aliphatic carbocycles. The summed E-state index contributed by atoms with van der Waals surface area (Å²) < 4.78 is 36.5. The largest absolute Gasteiger partial charge is 0.497 e. The molecule has 0 N–H and O–H groups in total. The van der Waals surface area contributed by atoms with Gasteiger partial charge in [-0.2, -0.15) is 10.2 Å². The van der Waals surface area contributed by atoms with E-state index in [4.69, 9.17) is 23.9 Å². The molecule has 5 aromatic rings. The van der Waals surface area contributed by atoms with Crippen molar-refractivity contribution in [3.63, 3.8) is 0 Å². The molecular formula is C31H24FN3O5. The fourth-order valence-corrected chi connectivity index (χ4v) is 4.29. The van der Waals surface area contributed by atoms with Crippen molar-refractivity contribution >= 4 is 23.0 Å². The topological polar surface area (TPSA) is 97.8 Å². The van der Waals surface area contributed by atoms with Crippen LogP contribution in [-0.4, -0.2) is 32.2 Å². The molecule has 0 saturated carbocycles. The number of carbonyl (C=O) groups is 1. The van der Waals surface area contributed by atoms with Crippen molar-refractivity contribution < 1.29 is 27.8 Å². The monoisotopic (exact) mass is 537 g/mol. The number of methoxy groups -OCH3 is 3. The van der Waals surface area contributed by atoms with Gasteiger partial charge >= 0.3 is 6.01 Å². The lowest BCUT2D eigenvalue weighted by Gasteiger charge is -2.21. The van der Waals surface area contributed by atoms with Crippen molar-refractivity contribution in [1.82, 2.24) is 4.98 Å². The molecule has 0 atom stereocenters. The van der Waals surface area contributed by atoms with Crippen molar-refractivity contribution in [2.75, 3.05) is 26.2 Å². The van der Waals surface area contributed by atoms with Crippen LogP contribution < -0.4 is 19.1 Å². The first kappa shape index (κ1) is 26.3. The summed E-state index contributed by atoms with van der Waals surface area (Å²) in [6.45, 7) is 0.0870. The van der Waals surface area contributed by atoms with Crippen LogP contribution in [-0.2, 0) is 6.54 Å². The third kappa shape index (κ3) is 5.15. The van der Waals surface area contributed by atoms with E-state index >= 15 is 0 Å². The van der Waals surface area contributed by atoms with E-state index in [-0.39, 0.29) is 24.0 Å². The van der Waals surface area contributed by atoms with Crippen LogP contribution in [0.1, 0.15) is 21.5 Å². The number of benzene rings is 4. The van der Waals surface area contributed by atoms with Crippen LogP contribution in [0.3, 0.4) is 0 Å². The van der Waals surface area contributed by atoms with Crippen LogP contribution in [0.2, 0.25) is 0 Å². The molecule has 1 aromatic heterocycles. The number of fused-ring (bicyclic) bond motifs is 1. The van der Waals surface area contributed by atoms with E-state index in [0.717, 1.165) is 0 Å². The van der Waals surface area contributed by atoms with E-state index in [9.17, 15) is 9.18 Å². The van der Waals surface area contributed by atoms with Gasteiger partial charge in [-0.25, -0.2) is 4.39 Å². The Morgan fingerprint density at radius 2 is 1.68 bits per heavy atom. The number of halogens is 1. The van der Waals surface area contributed by atoms with Gasteiger partial charge in [0.15, 0.2) is 5.58 Å². The normalized spacial score (nSPS) is 10.7. The molecule has 40 heavy (non-hydrogen) atoms. The minimum Gasteiger partial charge on any atom is -0.497 e. The number of nitriles is 1. The quantitative estimate of drug-likeness (QED) is 0.227. The fraction of sp³-hybridized carbons (Fsp3) is 0.129. The van der Waals surface area contributed by atoms with Gasteiger partial charge in [0, 0.05) is 17.2 Å². The van der Waals surface area contributed by atoms with Gasteiger partial charge in [-0.05, 0) is 65.7 Å². The highest BCUT2D eigenvalue weighted by Crippen LogP contribution is 2.32. The van der Waals surface area contributed by atoms with Gasteiger partial charge < -0.3 is 18.6 Å². The number of aromatic nitrogens is 1. The van der Waals surface area contributed by atoms with Crippen LogP contribution in [0.4, 0.5) is 10.4 Å². The molecule has 0 spiro atoms. The lowest BCUT2D eigenvalue weighted by molar-refractivity contribution is 0.0979. The summed E-state index contributed by atoms with van der Waals surface area (Å²) >= 11 is 0. The Morgan fingerprint density at radius 3 is 2.40 bits per heavy atom. The van der Waals surface area contributed by atoms with Crippen LogP contribution in [0.5, 0.6) is 17.2 Å². The number of rotatable bonds is 8. The van der Waals surface area contributed by atoms with Crippen molar-refractivity contribution in [2.45, 2.75) is 6.54 Å². The fourth-order valence-electron chi connectivity index (χ4n) is 4.29. The van der Waals surface area contributed by atoms with E-state index in [1.54, 1.807) is 74.9 Å². The molecule has 1 heterocycles. The second kappa shape index (κ2) is 11.2. The maximum atomic E-state index is 14.3. The van der Waals surface area contributed by atoms with Crippen molar-refractivity contribution in [2.24, 2.45) is 0 Å². The Labute approximate surface area is 229 Å². The number of ether oxygens (including phenoxy) is 3. The molecule has 0 fully saturated rings. The highest BCUT2D eigenvalue weighted by molar-refractivity contribution is 6.05. The molecule has 0 unspecified atom stereocenters. The molecule has 1 amide bonds. The number of oxazole rings is 1. The number of nitrogens with zero attached hydrogens (tertiary/aromatic N) is 3. The highest BCUT2D eigenvalue weighted by atomic mass is 19.1. The van der Waals surface area contributed by atoms with E-state index < -0.39 is 5.82 Å². The standard InChI is InChI=1S/C31H24FN3O5/c1-37-24-6-4-5-21(13-24)30(36)35(18-23-9-11-25(38-2)16-29(23)39-3)31-34-27-15-20(10-12-28(27)40-31)19-7-8-22(17-33)26(32)14-19/h4-16H,18H2,1-3H3. The summed E-state index contributed by atoms with van der Waals surface area (Å²) in [5.74, 6) is 0.704. The summed E-state index contributed by atoms with van der Waals surface area (Å²) in [6, 6.07) is 23.6. The molecule has 5 rings (SSSR count). The molecule has 200 valence electrons. The van der Waals surface area contributed by atoms with Gasteiger partial charge in [0.05, 0.1) is 33.4 Å². The Balaban J connectivity index is 1.57. The van der Waals surface area contributed by atoms with Gasteiger partial charge in [-0.3, -0.25) is 9.69 Å². The number of carbonyl (C=O) groups excluding carboxylic acids is 1. The second-order valence-electron chi connectivity index (χ2n) is 8.79. The van der Waals surface area contributed by atoms with Crippen molar-refractivity contribution in [3.05, 3.63) is 101 Å². The van der Waals surface area contributed by atoms with Crippen molar-refractivity contribution in [1.29, 1.82) is 5.26 Å². The zero-order chi connectivity index (χ0) is 28.2. The van der Waals surface area contributed by atoms with Gasteiger partial charge in [0.25, 0.3) is 5.91 Å². The molecule has 8 nitrogen and oxygen atoms in total. The molecule has 0 saturated heterocycles. The summed E-state index contributed by atoms with van der Waals surface area (Å²) in [7, 11) is 4.63. The van der Waals surface area contributed by atoms with Crippen LogP contribution in [0, 0.1) is 17.1 Å². The molecule has 9 heteroatoms. The first-order valence-corrected chi connectivity index (χ1v) is 12.2. The first-order chi connectivity index (χ1) is 19.4. The smallest absolute Gasteiger partial charge is 0.305 e. The summed E-state index contributed by atoms with van der Waals surface area (Å²) in [5.41, 5.74) is 3.22.